The molecule has 1 unspecified atom stereocenters. The van der Waals surface area contributed by atoms with E-state index in [0.29, 0.717) is 5.76 Å². The predicted molar refractivity (Wildman–Crippen MR) is 78.6 cm³/mol. The molecule has 0 aromatic rings. The molecular weight excluding hydrogens is 284 g/mol. The van der Waals surface area contributed by atoms with Crippen molar-refractivity contribution in [3.05, 3.63) is 47.8 Å². The van der Waals surface area contributed by atoms with Gasteiger partial charge in [-0.2, -0.15) is 0 Å². The van der Waals surface area contributed by atoms with Crippen LogP contribution in [0, 0.1) is 5.92 Å². The summed E-state index contributed by atoms with van der Waals surface area (Å²) in [5.74, 6) is -0.277. The number of rotatable bonds is 5. The van der Waals surface area contributed by atoms with Gasteiger partial charge in [-0.25, -0.2) is 0 Å². The smallest absolute Gasteiger partial charge is 0.290 e. The lowest BCUT2D eigenvalue weighted by Crippen LogP contribution is -2.46. The minimum absolute atomic E-state index is 0.0163. The van der Waals surface area contributed by atoms with Crippen LogP contribution >= 0.6 is 0 Å². The summed E-state index contributed by atoms with van der Waals surface area (Å²) >= 11 is 0. The van der Waals surface area contributed by atoms with Gasteiger partial charge in [-0.3, -0.25) is 9.59 Å². The molecule has 2 amide bonds. The number of allylic oxidation sites excluding steroid dienone is 4. The van der Waals surface area contributed by atoms with E-state index in [9.17, 15) is 9.59 Å². The fourth-order valence-electron chi connectivity index (χ4n) is 2.42. The summed E-state index contributed by atoms with van der Waals surface area (Å²) in [4.78, 5) is 23.4. The summed E-state index contributed by atoms with van der Waals surface area (Å²) in [5.41, 5.74) is 6.32. The van der Waals surface area contributed by atoms with E-state index in [1.54, 1.807) is 0 Å². The number of nitrogens with two attached hydrogens (primary N) is 1. The molecule has 1 atom stereocenters. The molecule has 0 spiro atoms. The Morgan fingerprint density at radius 2 is 2.09 bits per heavy atom. The van der Waals surface area contributed by atoms with Crippen LogP contribution in [0.15, 0.2) is 47.8 Å². The highest BCUT2D eigenvalue weighted by atomic mass is 16.5. The third-order valence-corrected chi connectivity index (χ3v) is 3.83. The zero-order valence-electron chi connectivity index (χ0n) is 12.1. The second kappa shape index (κ2) is 6.09. The van der Waals surface area contributed by atoms with Gasteiger partial charge in [0.05, 0.1) is 0 Å². The molecule has 0 radical (unpaired) electrons. The Hall–Kier alpha value is -2.50. The number of hydrogen-bond donors (Lipinski definition) is 2. The molecule has 1 fully saturated rings. The molecule has 1 aliphatic heterocycles. The summed E-state index contributed by atoms with van der Waals surface area (Å²) in [7, 11) is 0. The monoisotopic (exact) mass is 302 g/mol. The lowest BCUT2D eigenvalue weighted by molar-refractivity contribution is -0.127. The van der Waals surface area contributed by atoms with Crippen molar-refractivity contribution in [2.75, 3.05) is 0 Å². The zero-order chi connectivity index (χ0) is 15.5. The van der Waals surface area contributed by atoms with E-state index < -0.39 is 17.9 Å². The fraction of sp³-hybridized carbons (Fsp3) is 0.375. The number of amides is 2. The maximum Gasteiger partial charge on any atom is 0.290 e. The molecule has 116 valence electrons. The van der Waals surface area contributed by atoms with Crippen molar-refractivity contribution in [3.63, 3.8) is 0 Å². The highest BCUT2D eigenvalue weighted by molar-refractivity contribution is 5.95. The Bertz CT molecular complexity index is 612. The molecule has 0 saturated heterocycles. The minimum atomic E-state index is -0.645. The largest absolute Gasteiger partial charge is 0.457 e. The van der Waals surface area contributed by atoms with E-state index in [0.717, 1.165) is 31.3 Å². The molecule has 0 aromatic heterocycles. The van der Waals surface area contributed by atoms with Crippen LogP contribution in [-0.2, 0) is 19.1 Å². The molecule has 0 bridgehead atoms. The average molecular weight is 302 g/mol. The van der Waals surface area contributed by atoms with Gasteiger partial charge in [-0.15, -0.1) is 0 Å². The van der Waals surface area contributed by atoms with Crippen LogP contribution in [0.25, 0.3) is 0 Å². The number of carbonyl (C=O) groups excluding carboxylic acids is 2. The predicted octanol–water partition coefficient (Wildman–Crippen LogP) is 1.37. The Kier molecular flexibility index (Phi) is 4.00. The molecule has 3 N–H and O–H groups in total. The van der Waals surface area contributed by atoms with E-state index in [1.165, 1.54) is 12.5 Å². The average Bonchev–Trinajstić information content (AvgIpc) is 3.38. The number of ether oxygens (including phenoxy) is 2. The van der Waals surface area contributed by atoms with Gasteiger partial charge in [-0.05, 0) is 37.2 Å². The maximum atomic E-state index is 12.1. The van der Waals surface area contributed by atoms with Gasteiger partial charge >= 0.3 is 0 Å². The number of hydrogen-bond acceptors (Lipinski definition) is 4. The van der Waals surface area contributed by atoms with Gasteiger partial charge in [0.25, 0.3) is 5.91 Å². The summed E-state index contributed by atoms with van der Waals surface area (Å²) in [6.07, 6.45) is 12.3. The van der Waals surface area contributed by atoms with Crippen molar-refractivity contribution >= 4 is 11.8 Å². The van der Waals surface area contributed by atoms with Crippen LogP contribution < -0.4 is 11.1 Å². The SMILES string of the molecule is NC(=O)C(NC(=O)C1=COC(C2=CC=CCC2)=CO1)C1CC1. The standard InChI is InChI=1S/C16H18N2O4/c17-15(19)14(11-6-7-11)18-16(20)13-9-21-12(8-22-13)10-4-2-1-3-5-10/h1-2,4,8-9,11,14H,3,5-7H2,(H2,17,19)(H,18,20). The topological polar surface area (TPSA) is 90.7 Å². The Balaban J connectivity index is 1.59. The summed E-state index contributed by atoms with van der Waals surface area (Å²) < 4.78 is 10.8. The highest BCUT2D eigenvalue weighted by Crippen LogP contribution is 2.32. The molecule has 6 nitrogen and oxygen atoms in total. The van der Waals surface area contributed by atoms with Crippen LogP contribution in [0.4, 0.5) is 0 Å². The molecule has 3 aliphatic rings. The number of primary amides is 1. The fourth-order valence-corrected chi connectivity index (χ4v) is 2.42. The van der Waals surface area contributed by atoms with Crippen LogP contribution in [-0.4, -0.2) is 17.9 Å². The second-order valence-electron chi connectivity index (χ2n) is 5.55. The Morgan fingerprint density at radius 1 is 1.27 bits per heavy atom. The van der Waals surface area contributed by atoms with E-state index in [4.69, 9.17) is 15.2 Å². The number of nitrogens with one attached hydrogen (secondary N) is 1. The minimum Gasteiger partial charge on any atom is -0.457 e. The van der Waals surface area contributed by atoms with Crippen LogP contribution in [0.5, 0.6) is 0 Å². The molecule has 2 aliphatic carbocycles. The van der Waals surface area contributed by atoms with E-state index >= 15 is 0 Å². The van der Waals surface area contributed by atoms with Gasteiger partial charge in [-0.1, -0.05) is 18.2 Å². The first-order chi connectivity index (χ1) is 10.6. The summed E-state index contributed by atoms with van der Waals surface area (Å²) in [6.45, 7) is 0. The third-order valence-electron chi connectivity index (χ3n) is 3.83. The van der Waals surface area contributed by atoms with E-state index in [1.807, 2.05) is 12.2 Å². The van der Waals surface area contributed by atoms with Gasteiger partial charge < -0.3 is 20.5 Å². The van der Waals surface area contributed by atoms with Crippen molar-refractivity contribution < 1.29 is 19.1 Å². The Morgan fingerprint density at radius 3 is 2.64 bits per heavy atom. The zero-order valence-corrected chi connectivity index (χ0v) is 12.1. The second-order valence-corrected chi connectivity index (χ2v) is 5.55. The molecule has 6 heteroatoms. The lowest BCUT2D eigenvalue weighted by Gasteiger charge is -2.19. The number of carbonyl (C=O) groups is 2. The molecule has 3 rings (SSSR count). The maximum absolute atomic E-state index is 12.1. The normalized spacial score (nSPS) is 21.5. The molecule has 1 saturated carbocycles. The van der Waals surface area contributed by atoms with Gasteiger partial charge in [0, 0.05) is 0 Å². The van der Waals surface area contributed by atoms with Crippen LogP contribution in [0.1, 0.15) is 25.7 Å². The third kappa shape index (κ3) is 3.21. The molecular formula is C16H18N2O4. The van der Waals surface area contributed by atoms with Crippen molar-refractivity contribution in [2.24, 2.45) is 11.7 Å². The first kappa shape index (κ1) is 14.4. The van der Waals surface area contributed by atoms with Crippen molar-refractivity contribution in [1.82, 2.24) is 5.32 Å². The quantitative estimate of drug-likeness (QED) is 0.802. The van der Waals surface area contributed by atoms with E-state index in [-0.39, 0.29) is 11.7 Å². The van der Waals surface area contributed by atoms with Crippen molar-refractivity contribution in [1.29, 1.82) is 0 Å². The first-order valence-corrected chi connectivity index (χ1v) is 7.35. The van der Waals surface area contributed by atoms with Gasteiger partial charge in [0.15, 0.2) is 5.76 Å². The van der Waals surface area contributed by atoms with Crippen LogP contribution in [0.3, 0.4) is 0 Å². The lowest BCUT2D eigenvalue weighted by atomic mass is 10.0. The molecule has 22 heavy (non-hydrogen) atoms. The van der Waals surface area contributed by atoms with Crippen molar-refractivity contribution in [2.45, 2.75) is 31.7 Å². The van der Waals surface area contributed by atoms with Crippen LogP contribution in [0.2, 0.25) is 0 Å². The van der Waals surface area contributed by atoms with Gasteiger partial charge in [0.2, 0.25) is 11.7 Å². The van der Waals surface area contributed by atoms with Crippen molar-refractivity contribution in [3.8, 4) is 0 Å². The Labute approximate surface area is 128 Å². The molecule has 0 aromatic carbocycles. The highest BCUT2D eigenvalue weighted by Gasteiger charge is 2.37. The van der Waals surface area contributed by atoms with E-state index in [2.05, 4.69) is 11.4 Å². The van der Waals surface area contributed by atoms with Gasteiger partial charge in [0.1, 0.15) is 18.6 Å². The molecule has 1 heterocycles. The summed E-state index contributed by atoms with van der Waals surface area (Å²) in [5, 5.41) is 2.60. The summed E-state index contributed by atoms with van der Waals surface area (Å²) in [6, 6.07) is -0.645. The first-order valence-electron chi connectivity index (χ1n) is 7.35.